The minimum Gasteiger partial charge on any atom is -0.310 e. The zero-order valence-corrected chi connectivity index (χ0v) is 10.4. The molecule has 0 spiro atoms. The summed E-state index contributed by atoms with van der Waals surface area (Å²) in [5.41, 5.74) is 1.76. The van der Waals surface area contributed by atoms with E-state index < -0.39 is 0 Å². The first-order chi connectivity index (χ1) is 7.75. The topological polar surface area (TPSA) is 12.0 Å². The zero-order valence-electron chi connectivity index (χ0n) is 9.63. The number of rotatable bonds is 3. The Labute approximate surface area is 101 Å². The second-order valence-electron chi connectivity index (χ2n) is 4.35. The van der Waals surface area contributed by atoms with Crippen LogP contribution in [-0.4, -0.2) is 17.5 Å². The summed E-state index contributed by atoms with van der Waals surface area (Å²) in [7, 11) is 0. The van der Waals surface area contributed by atoms with Crippen LogP contribution in [0.15, 0.2) is 18.2 Å². The number of hydrogen-bond acceptors (Lipinski definition) is 2. The molecule has 1 aliphatic heterocycles. The number of benzene rings is 1. The van der Waals surface area contributed by atoms with E-state index >= 15 is 0 Å². The molecule has 0 unspecified atom stereocenters. The van der Waals surface area contributed by atoms with Crippen molar-refractivity contribution < 1.29 is 4.39 Å². The Kier molecular flexibility index (Phi) is 4.24. The van der Waals surface area contributed by atoms with Gasteiger partial charge in [-0.1, -0.05) is 12.1 Å². The molecule has 0 atom stereocenters. The van der Waals surface area contributed by atoms with E-state index in [1.54, 1.807) is 13.0 Å². The number of nitrogens with one attached hydrogen (secondary N) is 1. The van der Waals surface area contributed by atoms with Crippen molar-refractivity contribution in [3.05, 3.63) is 35.1 Å². The predicted octanol–water partition coefficient (Wildman–Crippen LogP) is 3.12. The van der Waals surface area contributed by atoms with Crippen molar-refractivity contribution in [1.29, 1.82) is 0 Å². The maximum atomic E-state index is 13.3. The van der Waals surface area contributed by atoms with Gasteiger partial charge >= 0.3 is 0 Å². The van der Waals surface area contributed by atoms with E-state index in [9.17, 15) is 4.39 Å². The number of aryl methyl sites for hydroxylation is 1. The van der Waals surface area contributed by atoms with E-state index in [0.717, 1.165) is 17.7 Å². The third kappa shape index (κ3) is 3.22. The molecule has 16 heavy (non-hydrogen) atoms. The lowest BCUT2D eigenvalue weighted by Crippen LogP contribution is -2.32. The molecule has 1 aliphatic rings. The molecule has 2 rings (SSSR count). The van der Waals surface area contributed by atoms with Gasteiger partial charge in [0.2, 0.25) is 0 Å². The van der Waals surface area contributed by atoms with E-state index in [4.69, 9.17) is 0 Å². The van der Waals surface area contributed by atoms with Crippen LogP contribution in [-0.2, 0) is 6.54 Å². The quantitative estimate of drug-likeness (QED) is 0.869. The summed E-state index contributed by atoms with van der Waals surface area (Å²) < 4.78 is 13.3. The van der Waals surface area contributed by atoms with Gasteiger partial charge in [0.05, 0.1) is 0 Å². The fraction of sp³-hybridized carbons (Fsp3) is 0.538. The third-order valence-corrected chi connectivity index (χ3v) is 4.10. The Morgan fingerprint density at radius 2 is 2.12 bits per heavy atom. The highest BCUT2D eigenvalue weighted by molar-refractivity contribution is 7.99. The van der Waals surface area contributed by atoms with Gasteiger partial charge < -0.3 is 5.32 Å². The first-order valence-electron chi connectivity index (χ1n) is 5.82. The zero-order chi connectivity index (χ0) is 11.4. The van der Waals surface area contributed by atoms with Crippen molar-refractivity contribution in [2.24, 2.45) is 0 Å². The first kappa shape index (κ1) is 11.9. The molecule has 1 heterocycles. The molecule has 1 fully saturated rings. The summed E-state index contributed by atoms with van der Waals surface area (Å²) in [4.78, 5) is 0. The Morgan fingerprint density at radius 3 is 2.81 bits per heavy atom. The van der Waals surface area contributed by atoms with Crippen LogP contribution in [0.5, 0.6) is 0 Å². The van der Waals surface area contributed by atoms with Gasteiger partial charge in [0.1, 0.15) is 5.82 Å². The number of hydrogen-bond donors (Lipinski definition) is 1. The molecule has 1 N–H and O–H groups in total. The van der Waals surface area contributed by atoms with Crippen molar-refractivity contribution >= 4 is 11.8 Å². The maximum absolute atomic E-state index is 13.3. The molecule has 0 aromatic heterocycles. The molecule has 1 aromatic carbocycles. The second kappa shape index (κ2) is 5.69. The molecule has 3 heteroatoms. The monoisotopic (exact) mass is 239 g/mol. The van der Waals surface area contributed by atoms with Gasteiger partial charge in [0, 0.05) is 12.6 Å². The molecule has 88 valence electrons. The third-order valence-electron chi connectivity index (χ3n) is 3.05. The normalized spacial score (nSPS) is 17.6. The fourth-order valence-electron chi connectivity index (χ4n) is 1.91. The van der Waals surface area contributed by atoms with E-state index in [1.165, 1.54) is 24.3 Å². The summed E-state index contributed by atoms with van der Waals surface area (Å²) in [6.45, 7) is 2.58. The van der Waals surface area contributed by atoms with E-state index in [-0.39, 0.29) is 5.82 Å². The summed E-state index contributed by atoms with van der Waals surface area (Å²) in [6, 6.07) is 6.11. The lowest BCUT2D eigenvalue weighted by Gasteiger charge is -2.22. The van der Waals surface area contributed by atoms with Gasteiger partial charge in [-0.05, 0) is 48.5 Å². The summed E-state index contributed by atoms with van der Waals surface area (Å²) >= 11 is 2.02. The van der Waals surface area contributed by atoms with Crippen LogP contribution in [0.2, 0.25) is 0 Å². The van der Waals surface area contributed by atoms with Crippen molar-refractivity contribution in [3.63, 3.8) is 0 Å². The van der Waals surface area contributed by atoms with Gasteiger partial charge in [-0.3, -0.25) is 0 Å². The average molecular weight is 239 g/mol. The molecule has 0 amide bonds. The average Bonchev–Trinajstić information content (AvgIpc) is 2.32. The van der Waals surface area contributed by atoms with Crippen LogP contribution in [0, 0.1) is 12.7 Å². The Balaban J connectivity index is 1.86. The van der Waals surface area contributed by atoms with Gasteiger partial charge in [-0.25, -0.2) is 4.39 Å². The molecule has 1 nitrogen and oxygen atoms in total. The molecule has 0 radical (unpaired) electrons. The van der Waals surface area contributed by atoms with Crippen LogP contribution in [0.1, 0.15) is 24.0 Å². The van der Waals surface area contributed by atoms with Crippen LogP contribution < -0.4 is 5.32 Å². The van der Waals surface area contributed by atoms with Gasteiger partial charge in [-0.2, -0.15) is 11.8 Å². The molecule has 0 aliphatic carbocycles. The van der Waals surface area contributed by atoms with E-state index in [0.29, 0.717) is 6.04 Å². The Morgan fingerprint density at radius 1 is 1.38 bits per heavy atom. The lowest BCUT2D eigenvalue weighted by atomic mass is 10.1. The Bertz CT molecular complexity index is 348. The van der Waals surface area contributed by atoms with E-state index in [1.807, 2.05) is 23.9 Å². The minimum atomic E-state index is -0.0986. The van der Waals surface area contributed by atoms with Gasteiger partial charge in [0.15, 0.2) is 0 Å². The summed E-state index contributed by atoms with van der Waals surface area (Å²) in [5, 5.41) is 3.50. The molecule has 0 bridgehead atoms. The largest absolute Gasteiger partial charge is 0.310 e. The van der Waals surface area contributed by atoms with Crippen molar-refractivity contribution in [2.45, 2.75) is 32.4 Å². The maximum Gasteiger partial charge on any atom is 0.126 e. The highest BCUT2D eigenvalue weighted by Gasteiger charge is 2.12. The standard InChI is InChI=1S/C13H18FNS/c1-10-2-3-11(8-13(10)14)9-15-12-4-6-16-7-5-12/h2-3,8,12,15H,4-7,9H2,1H3. The van der Waals surface area contributed by atoms with Crippen LogP contribution in [0.4, 0.5) is 4.39 Å². The second-order valence-corrected chi connectivity index (χ2v) is 5.58. The van der Waals surface area contributed by atoms with Crippen molar-refractivity contribution in [2.75, 3.05) is 11.5 Å². The molecule has 0 saturated carbocycles. The SMILES string of the molecule is Cc1ccc(CNC2CCSCC2)cc1F. The first-order valence-corrected chi connectivity index (χ1v) is 6.97. The lowest BCUT2D eigenvalue weighted by molar-refractivity contribution is 0.481. The minimum absolute atomic E-state index is 0.0986. The summed E-state index contributed by atoms with van der Waals surface area (Å²) in [5.74, 6) is 2.40. The highest BCUT2D eigenvalue weighted by Crippen LogP contribution is 2.17. The highest BCUT2D eigenvalue weighted by atomic mass is 32.2. The van der Waals surface area contributed by atoms with Gasteiger partial charge in [0.25, 0.3) is 0 Å². The predicted molar refractivity (Wildman–Crippen MR) is 68.3 cm³/mol. The van der Waals surface area contributed by atoms with Crippen LogP contribution >= 0.6 is 11.8 Å². The van der Waals surface area contributed by atoms with Crippen molar-refractivity contribution in [3.8, 4) is 0 Å². The van der Waals surface area contributed by atoms with Crippen molar-refractivity contribution in [1.82, 2.24) is 5.32 Å². The fourth-order valence-corrected chi connectivity index (χ4v) is 3.02. The smallest absolute Gasteiger partial charge is 0.126 e. The molecular weight excluding hydrogens is 221 g/mol. The Hall–Kier alpha value is -0.540. The number of halogens is 1. The van der Waals surface area contributed by atoms with E-state index in [2.05, 4.69) is 5.32 Å². The summed E-state index contributed by atoms with van der Waals surface area (Å²) in [6.07, 6.45) is 2.47. The molecule has 1 aromatic rings. The molecular formula is C13H18FNS. The van der Waals surface area contributed by atoms with Crippen LogP contribution in [0.3, 0.4) is 0 Å². The van der Waals surface area contributed by atoms with Gasteiger partial charge in [-0.15, -0.1) is 0 Å². The van der Waals surface area contributed by atoms with Crippen LogP contribution in [0.25, 0.3) is 0 Å². The number of thioether (sulfide) groups is 1. The molecule has 1 saturated heterocycles.